The Morgan fingerprint density at radius 3 is 2.56 bits per heavy atom. The SMILES string of the molecule is O=C(C=Cc1cc(Cl)cc(Cl)c1)N1CCC2CN(C(=O)c3ccc4[nH]nnc4c3)CC2C1. The van der Waals surface area contributed by atoms with Gasteiger partial charge in [0.1, 0.15) is 5.52 Å². The lowest BCUT2D eigenvalue weighted by Crippen LogP contribution is -2.42. The van der Waals surface area contributed by atoms with E-state index in [0.717, 1.165) is 24.0 Å². The molecule has 32 heavy (non-hydrogen) atoms. The topological polar surface area (TPSA) is 82.2 Å². The number of hydrogen-bond donors (Lipinski definition) is 1. The molecule has 5 rings (SSSR count). The summed E-state index contributed by atoms with van der Waals surface area (Å²) in [5, 5.41) is 11.6. The third kappa shape index (κ3) is 4.23. The van der Waals surface area contributed by atoms with Crippen molar-refractivity contribution in [2.24, 2.45) is 11.8 Å². The van der Waals surface area contributed by atoms with Gasteiger partial charge in [0, 0.05) is 47.9 Å². The fraction of sp³-hybridized carbons (Fsp3) is 0.304. The van der Waals surface area contributed by atoms with Crippen LogP contribution in [0.25, 0.3) is 17.1 Å². The van der Waals surface area contributed by atoms with E-state index in [1.807, 2.05) is 15.9 Å². The van der Waals surface area contributed by atoms with Crippen LogP contribution in [-0.2, 0) is 4.79 Å². The number of carbonyl (C=O) groups excluding carboxylic acids is 2. The number of hydrogen-bond acceptors (Lipinski definition) is 4. The quantitative estimate of drug-likeness (QED) is 0.589. The van der Waals surface area contributed by atoms with Gasteiger partial charge < -0.3 is 9.80 Å². The molecule has 0 saturated carbocycles. The normalized spacial score (nSPS) is 20.8. The number of aromatic amines is 1. The molecule has 164 valence electrons. The maximum Gasteiger partial charge on any atom is 0.253 e. The summed E-state index contributed by atoms with van der Waals surface area (Å²) in [7, 11) is 0. The highest BCUT2D eigenvalue weighted by Crippen LogP contribution is 2.32. The van der Waals surface area contributed by atoms with Gasteiger partial charge in [0.2, 0.25) is 5.91 Å². The molecule has 0 aliphatic carbocycles. The van der Waals surface area contributed by atoms with Gasteiger partial charge in [0.15, 0.2) is 0 Å². The molecule has 1 N–H and O–H groups in total. The largest absolute Gasteiger partial charge is 0.339 e. The predicted octanol–water partition coefficient (Wildman–Crippen LogP) is 3.90. The Kier molecular flexibility index (Phi) is 5.61. The first-order chi connectivity index (χ1) is 15.5. The van der Waals surface area contributed by atoms with E-state index in [-0.39, 0.29) is 17.7 Å². The molecule has 2 aliphatic rings. The third-order valence-corrected chi connectivity index (χ3v) is 6.71. The van der Waals surface area contributed by atoms with Crippen molar-refractivity contribution in [1.82, 2.24) is 25.2 Å². The average Bonchev–Trinajstić information content (AvgIpc) is 3.42. The van der Waals surface area contributed by atoms with Crippen molar-refractivity contribution in [3.8, 4) is 0 Å². The van der Waals surface area contributed by atoms with E-state index in [4.69, 9.17) is 23.2 Å². The number of aromatic nitrogens is 3. The number of carbonyl (C=O) groups is 2. The van der Waals surface area contributed by atoms with Gasteiger partial charge in [-0.2, -0.15) is 0 Å². The van der Waals surface area contributed by atoms with E-state index in [0.29, 0.717) is 46.7 Å². The van der Waals surface area contributed by atoms with Gasteiger partial charge in [-0.3, -0.25) is 14.7 Å². The third-order valence-electron chi connectivity index (χ3n) is 6.28. The molecule has 2 aromatic carbocycles. The maximum atomic E-state index is 13.0. The maximum absolute atomic E-state index is 13.0. The van der Waals surface area contributed by atoms with Crippen LogP contribution >= 0.6 is 23.2 Å². The predicted molar refractivity (Wildman–Crippen MR) is 123 cm³/mol. The Morgan fingerprint density at radius 1 is 1.00 bits per heavy atom. The summed E-state index contributed by atoms with van der Waals surface area (Å²) in [6.45, 7) is 2.71. The Balaban J connectivity index is 1.23. The lowest BCUT2D eigenvalue weighted by atomic mass is 9.88. The number of benzene rings is 2. The van der Waals surface area contributed by atoms with Crippen LogP contribution in [0.4, 0.5) is 0 Å². The van der Waals surface area contributed by atoms with Gasteiger partial charge in [0.05, 0.1) is 5.52 Å². The van der Waals surface area contributed by atoms with Gasteiger partial charge in [-0.25, -0.2) is 0 Å². The minimum absolute atomic E-state index is 0.0000858. The zero-order valence-corrected chi connectivity index (χ0v) is 18.7. The number of fused-ring (bicyclic) bond motifs is 2. The molecule has 0 spiro atoms. The lowest BCUT2D eigenvalue weighted by Gasteiger charge is -2.33. The average molecular weight is 470 g/mol. The second kappa shape index (κ2) is 8.56. The highest BCUT2D eigenvalue weighted by molar-refractivity contribution is 6.34. The molecule has 3 heterocycles. The summed E-state index contributed by atoms with van der Waals surface area (Å²) in [6.07, 6.45) is 4.18. The number of amides is 2. The van der Waals surface area contributed by atoms with Gasteiger partial charge in [-0.15, -0.1) is 5.10 Å². The van der Waals surface area contributed by atoms with Crippen LogP contribution in [0.15, 0.2) is 42.5 Å². The molecule has 9 heteroatoms. The van der Waals surface area contributed by atoms with Crippen LogP contribution in [0, 0.1) is 11.8 Å². The zero-order valence-electron chi connectivity index (χ0n) is 17.2. The monoisotopic (exact) mass is 469 g/mol. The number of likely N-dealkylation sites (tertiary alicyclic amines) is 2. The molecule has 2 fully saturated rings. The van der Waals surface area contributed by atoms with Crippen LogP contribution in [-0.4, -0.2) is 63.2 Å². The molecule has 2 saturated heterocycles. The van der Waals surface area contributed by atoms with Crippen molar-refractivity contribution in [1.29, 1.82) is 0 Å². The van der Waals surface area contributed by atoms with E-state index < -0.39 is 0 Å². The molecule has 2 aliphatic heterocycles. The second-order valence-electron chi connectivity index (χ2n) is 8.38. The van der Waals surface area contributed by atoms with Crippen molar-refractivity contribution in [2.45, 2.75) is 6.42 Å². The standard InChI is InChI=1S/C23H21Cl2N5O2/c24-18-7-14(8-19(25)10-18)1-4-22(31)29-6-5-16-11-30(13-17(16)12-29)23(32)15-2-3-20-21(9-15)27-28-26-20/h1-4,7-10,16-17H,5-6,11-13H2,(H,26,27,28). The second-order valence-corrected chi connectivity index (χ2v) is 9.26. The molecule has 2 amide bonds. The molecule has 7 nitrogen and oxygen atoms in total. The van der Waals surface area contributed by atoms with E-state index in [1.165, 1.54) is 0 Å². The number of rotatable bonds is 3. The minimum atomic E-state index is -0.0409. The van der Waals surface area contributed by atoms with Crippen LogP contribution < -0.4 is 0 Å². The minimum Gasteiger partial charge on any atom is -0.339 e. The summed E-state index contributed by atoms with van der Waals surface area (Å²) in [4.78, 5) is 29.5. The van der Waals surface area contributed by atoms with Gasteiger partial charge in [0.25, 0.3) is 5.91 Å². The van der Waals surface area contributed by atoms with Gasteiger partial charge in [-0.1, -0.05) is 28.4 Å². The fourth-order valence-corrected chi connectivity index (χ4v) is 5.18. The first kappa shape index (κ1) is 21.0. The summed E-state index contributed by atoms with van der Waals surface area (Å²) in [5.74, 6) is 0.650. The van der Waals surface area contributed by atoms with Gasteiger partial charge in [-0.05, 0) is 66.3 Å². The van der Waals surface area contributed by atoms with E-state index in [9.17, 15) is 9.59 Å². The fourth-order valence-electron chi connectivity index (χ4n) is 4.64. The van der Waals surface area contributed by atoms with Crippen LogP contribution in [0.5, 0.6) is 0 Å². The van der Waals surface area contributed by atoms with E-state index in [1.54, 1.807) is 42.5 Å². The Bertz CT molecular complexity index is 1200. The zero-order chi connectivity index (χ0) is 22.2. The highest BCUT2D eigenvalue weighted by atomic mass is 35.5. The number of nitrogens with one attached hydrogen (secondary N) is 1. The van der Waals surface area contributed by atoms with Gasteiger partial charge >= 0.3 is 0 Å². The molecule has 3 aromatic rings. The number of nitrogens with zero attached hydrogens (tertiary/aromatic N) is 4. The molecule has 0 bridgehead atoms. The van der Waals surface area contributed by atoms with Crippen molar-refractivity contribution in [3.05, 3.63) is 63.6 Å². The van der Waals surface area contributed by atoms with Crippen molar-refractivity contribution in [2.75, 3.05) is 26.2 Å². The number of H-pyrrole nitrogens is 1. The van der Waals surface area contributed by atoms with Crippen LogP contribution in [0.3, 0.4) is 0 Å². The molecule has 0 radical (unpaired) electrons. The number of halogens is 2. The smallest absolute Gasteiger partial charge is 0.253 e. The van der Waals surface area contributed by atoms with E-state index >= 15 is 0 Å². The molecule has 2 unspecified atom stereocenters. The Hall–Kier alpha value is -2.90. The summed E-state index contributed by atoms with van der Waals surface area (Å²) in [6, 6.07) is 10.6. The van der Waals surface area contributed by atoms with Crippen molar-refractivity contribution < 1.29 is 9.59 Å². The Labute approximate surface area is 195 Å². The summed E-state index contributed by atoms with van der Waals surface area (Å²) >= 11 is 12.1. The first-order valence-electron chi connectivity index (χ1n) is 10.5. The molecular formula is C23H21Cl2N5O2. The van der Waals surface area contributed by atoms with Crippen molar-refractivity contribution in [3.63, 3.8) is 0 Å². The summed E-state index contributed by atoms with van der Waals surface area (Å²) in [5.41, 5.74) is 2.88. The Morgan fingerprint density at radius 2 is 1.75 bits per heavy atom. The highest BCUT2D eigenvalue weighted by Gasteiger charge is 2.39. The lowest BCUT2D eigenvalue weighted by molar-refractivity contribution is -0.128. The summed E-state index contributed by atoms with van der Waals surface area (Å²) < 4.78 is 0. The van der Waals surface area contributed by atoms with Crippen LogP contribution in [0.2, 0.25) is 10.0 Å². The van der Waals surface area contributed by atoms with Crippen molar-refractivity contribution >= 4 is 52.1 Å². The molecule has 2 atom stereocenters. The first-order valence-corrected chi connectivity index (χ1v) is 11.2. The number of piperidine rings is 1. The molecule has 1 aromatic heterocycles. The van der Waals surface area contributed by atoms with Crippen LogP contribution in [0.1, 0.15) is 22.3 Å². The molecular weight excluding hydrogens is 449 g/mol. The van der Waals surface area contributed by atoms with E-state index in [2.05, 4.69) is 15.4 Å².